The van der Waals surface area contributed by atoms with Crippen LogP contribution >= 0.6 is 23.2 Å². The Morgan fingerprint density at radius 3 is 2.56 bits per heavy atom. The molecular weight excluding hydrogens is 497 g/mol. The van der Waals surface area contributed by atoms with Gasteiger partial charge >= 0.3 is 0 Å². The molecule has 1 amide bonds. The van der Waals surface area contributed by atoms with E-state index in [1.54, 1.807) is 31.3 Å². The Bertz CT molecular complexity index is 1390. The van der Waals surface area contributed by atoms with Crippen molar-refractivity contribution in [2.24, 2.45) is 0 Å². The van der Waals surface area contributed by atoms with Crippen LogP contribution in [0.1, 0.15) is 18.1 Å². The van der Waals surface area contributed by atoms with Crippen LogP contribution in [-0.4, -0.2) is 51.9 Å². The monoisotopic (exact) mass is 523 g/mol. The highest BCUT2D eigenvalue weighted by Gasteiger charge is 2.20. The number of fused-ring (bicyclic) bond motifs is 1. The van der Waals surface area contributed by atoms with Crippen LogP contribution in [0.25, 0.3) is 22.0 Å². The number of carbonyl (C=O) groups excluding carboxylic acids is 1. The summed E-state index contributed by atoms with van der Waals surface area (Å²) in [5, 5.41) is 2.24. The molecule has 186 valence electrons. The Balaban J connectivity index is 1.36. The fraction of sp³-hybridized carbons (Fsp3) is 0.259. The quantitative estimate of drug-likeness (QED) is 0.355. The minimum atomic E-state index is 0.141. The predicted molar refractivity (Wildman–Crippen MR) is 144 cm³/mol. The number of pyridine rings is 1. The number of nitrogen functional groups attached to an aromatic ring is 1. The number of hydrogen-bond donors (Lipinski definition) is 2. The normalized spacial score (nSPS) is 14.4. The third-order valence-electron chi connectivity index (χ3n) is 6.63. The molecule has 7 nitrogen and oxygen atoms in total. The lowest BCUT2D eigenvalue weighted by molar-refractivity contribution is -0.130. The first-order valence-electron chi connectivity index (χ1n) is 11.8. The van der Waals surface area contributed by atoms with Gasteiger partial charge in [0, 0.05) is 84.1 Å². The molecule has 3 heterocycles. The summed E-state index contributed by atoms with van der Waals surface area (Å²) in [6.45, 7) is 5.90. The summed E-state index contributed by atoms with van der Waals surface area (Å²) in [5.74, 6) is 0.915. The topological polar surface area (TPSA) is 87.5 Å². The molecule has 1 aliphatic heterocycles. The molecule has 9 heteroatoms. The van der Waals surface area contributed by atoms with Crippen LogP contribution in [0, 0.1) is 0 Å². The highest BCUT2D eigenvalue weighted by atomic mass is 35.5. The molecule has 1 aliphatic rings. The average molecular weight is 524 g/mol. The second-order valence-corrected chi connectivity index (χ2v) is 9.77. The number of anilines is 1. The number of ether oxygens (including phenoxy) is 1. The van der Waals surface area contributed by atoms with Crippen molar-refractivity contribution >= 4 is 45.8 Å². The molecule has 2 aromatic carbocycles. The summed E-state index contributed by atoms with van der Waals surface area (Å²) in [6.07, 6.45) is 3.81. The molecule has 0 unspecified atom stereocenters. The zero-order chi connectivity index (χ0) is 25.2. The Hall–Kier alpha value is -3.26. The summed E-state index contributed by atoms with van der Waals surface area (Å²) in [7, 11) is 0. The number of hydrogen-bond acceptors (Lipinski definition) is 5. The number of rotatable bonds is 6. The van der Waals surface area contributed by atoms with Crippen LogP contribution in [-0.2, 0) is 17.9 Å². The van der Waals surface area contributed by atoms with Crippen LogP contribution in [0.2, 0.25) is 10.0 Å². The van der Waals surface area contributed by atoms with Gasteiger partial charge in [0.25, 0.3) is 0 Å². The first-order valence-corrected chi connectivity index (χ1v) is 12.5. The summed E-state index contributed by atoms with van der Waals surface area (Å²) in [4.78, 5) is 23.6. The van der Waals surface area contributed by atoms with Gasteiger partial charge in [-0.15, -0.1) is 0 Å². The first-order chi connectivity index (χ1) is 17.4. The lowest BCUT2D eigenvalue weighted by Gasteiger charge is -2.34. The fourth-order valence-electron chi connectivity index (χ4n) is 4.50. The molecule has 0 bridgehead atoms. The van der Waals surface area contributed by atoms with Gasteiger partial charge in [-0.3, -0.25) is 9.69 Å². The van der Waals surface area contributed by atoms with Gasteiger partial charge in [0.1, 0.15) is 6.61 Å². The van der Waals surface area contributed by atoms with Gasteiger partial charge in [-0.25, -0.2) is 4.98 Å². The van der Waals surface area contributed by atoms with Crippen molar-refractivity contribution in [3.05, 3.63) is 76.0 Å². The van der Waals surface area contributed by atoms with Crippen molar-refractivity contribution in [1.29, 1.82) is 0 Å². The van der Waals surface area contributed by atoms with E-state index in [1.165, 1.54) is 5.56 Å². The van der Waals surface area contributed by atoms with Crippen LogP contribution in [0.5, 0.6) is 5.75 Å². The summed E-state index contributed by atoms with van der Waals surface area (Å²) >= 11 is 12.6. The van der Waals surface area contributed by atoms with Crippen molar-refractivity contribution in [2.75, 3.05) is 31.9 Å². The minimum absolute atomic E-state index is 0.141. The molecule has 2 aromatic heterocycles. The average Bonchev–Trinajstić information content (AvgIpc) is 3.27. The molecule has 4 aromatic rings. The Labute approximate surface area is 219 Å². The van der Waals surface area contributed by atoms with Crippen LogP contribution in [0.4, 0.5) is 5.82 Å². The number of nitrogens with zero attached hydrogens (tertiary/aromatic N) is 3. The maximum absolute atomic E-state index is 11.6. The van der Waals surface area contributed by atoms with E-state index in [1.807, 2.05) is 11.0 Å². The van der Waals surface area contributed by atoms with E-state index in [0.717, 1.165) is 54.8 Å². The van der Waals surface area contributed by atoms with E-state index >= 15 is 0 Å². The SMILES string of the molecule is CC(=O)N1CCN(Cc2c[nH]c3ccc(-c4cnc(N)c(OCc5c(Cl)cccc5Cl)c4)cc23)CC1. The molecule has 0 aliphatic carbocycles. The molecule has 3 N–H and O–H groups in total. The summed E-state index contributed by atoms with van der Waals surface area (Å²) in [5.41, 5.74) is 11.0. The maximum Gasteiger partial charge on any atom is 0.219 e. The number of aromatic nitrogens is 2. The van der Waals surface area contributed by atoms with E-state index in [4.69, 9.17) is 33.7 Å². The molecule has 1 fully saturated rings. The number of amides is 1. The first kappa shape index (κ1) is 24.4. The predicted octanol–water partition coefficient (Wildman–Crippen LogP) is 5.36. The zero-order valence-corrected chi connectivity index (χ0v) is 21.4. The lowest BCUT2D eigenvalue weighted by Crippen LogP contribution is -2.47. The fourth-order valence-corrected chi connectivity index (χ4v) is 5.01. The van der Waals surface area contributed by atoms with Gasteiger partial charge in [0.15, 0.2) is 11.6 Å². The molecule has 0 spiro atoms. The molecule has 36 heavy (non-hydrogen) atoms. The second-order valence-electron chi connectivity index (χ2n) is 8.95. The van der Waals surface area contributed by atoms with Gasteiger partial charge in [0.05, 0.1) is 0 Å². The standard InChI is InChI=1S/C27H27Cl2N5O2/c1-17(35)34-9-7-33(8-10-34)15-20-14-31-25-6-5-18(11-21(20)25)19-12-26(27(30)32-13-19)36-16-22-23(28)3-2-4-24(22)29/h2-6,11-14,31H,7-10,15-16H2,1H3,(H2,30,32). The van der Waals surface area contributed by atoms with Crippen LogP contribution < -0.4 is 10.5 Å². The van der Waals surface area contributed by atoms with Gasteiger partial charge in [-0.2, -0.15) is 0 Å². The number of carbonyl (C=O) groups is 1. The van der Waals surface area contributed by atoms with Crippen molar-refractivity contribution in [3.63, 3.8) is 0 Å². The molecule has 1 saturated heterocycles. The number of nitrogens with two attached hydrogens (primary N) is 1. The minimum Gasteiger partial charge on any atom is -0.485 e. The highest BCUT2D eigenvalue weighted by molar-refractivity contribution is 6.35. The van der Waals surface area contributed by atoms with Crippen LogP contribution in [0.15, 0.2) is 54.9 Å². The van der Waals surface area contributed by atoms with Crippen molar-refractivity contribution in [2.45, 2.75) is 20.1 Å². The Morgan fingerprint density at radius 1 is 1.08 bits per heavy atom. The van der Waals surface area contributed by atoms with E-state index in [0.29, 0.717) is 27.2 Å². The third-order valence-corrected chi connectivity index (χ3v) is 7.34. The van der Waals surface area contributed by atoms with E-state index in [9.17, 15) is 4.79 Å². The number of H-pyrrole nitrogens is 1. The van der Waals surface area contributed by atoms with Gasteiger partial charge < -0.3 is 20.4 Å². The summed E-state index contributed by atoms with van der Waals surface area (Å²) < 4.78 is 5.97. The number of benzene rings is 2. The van der Waals surface area contributed by atoms with Crippen molar-refractivity contribution < 1.29 is 9.53 Å². The number of piperazine rings is 1. The Kier molecular flexibility index (Phi) is 7.05. The largest absolute Gasteiger partial charge is 0.485 e. The number of nitrogens with one attached hydrogen (secondary N) is 1. The zero-order valence-electron chi connectivity index (χ0n) is 19.9. The van der Waals surface area contributed by atoms with Gasteiger partial charge in [0.2, 0.25) is 5.91 Å². The smallest absolute Gasteiger partial charge is 0.219 e. The van der Waals surface area contributed by atoms with E-state index in [-0.39, 0.29) is 12.5 Å². The third kappa shape index (κ3) is 5.14. The lowest BCUT2D eigenvalue weighted by atomic mass is 10.0. The van der Waals surface area contributed by atoms with Crippen LogP contribution in [0.3, 0.4) is 0 Å². The Morgan fingerprint density at radius 2 is 1.83 bits per heavy atom. The van der Waals surface area contributed by atoms with E-state index in [2.05, 4.69) is 39.3 Å². The van der Waals surface area contributed by atoms with Gasteiger partial charge in [-0.1, -0.05) is 35.3 Å². The number of aromatic amines is 1. The molecule has 5 rings (SSSR count). The summed E-state index contributed by atoms with van der Waals surface area (Å²) in [6, 6.07) is 13.5. The van der Waals surface area contributed by atoms with Crippen molar-refractivity contribution in [1.82, 2.24) is 19.8 Å². The molecule has 0 saturated carbocycles. The molecule has 0 radical (unpaired) electrons. The maximum atomic E-state index is 11.6. The molecule has 0 atom stereocenters. The highest BCUT2D eigenvalue weighted by Crippen LogP contribution is 2.32. The second kappa shape index (κ2) is 10.4. The van der Waals surface area contributed by atoms with Crippen molar-refractivity contribution in [3.8, 4) is 16.9 Å². The molecular formula is C27H27Cl2N5O2. The van der Waals surface area contributed by atoms with Gasteiger partial charge in [-0.05, 0) is 41.5 Å². The number of halogens is 2. The van der Waals surface area contributed by atoms with E-state index < -0.39 is 0 Å².